The Balaban J connectivity index is 2.84. The summed E-state index contributed by atoms with van der Waals surface area (Å²) >= 11 is 0. The smallest absolute Gasteiger partial charge is 0.163 e. The summed E-state index contributed by atoms with van der Waals surface area (Å²) in [6.07, 6.45) is 4.76. The van der Waals surface area contributed by atoms with Crippen molar-refractivity contribution in [3.63, 3.8) is 0 Å². The lowest BCUT2D eigenvalue weighted by Gasteiger charge is -2.49. The van der Waals surface area contributed by atoms with Gasteiger partial charge in [-0.15, -0.1) is 0 Å². The monoisotopic (exact) mass is 270 g/mol. The lowest BCUT2D eigenvalue weighted by Crippen LogP contribution is -2.48. The molecule has 0 spiro atoms. The Hall–Kier alpha value is -0.0800. The van der Waals surface area contributed by atoms with E-state index in [1.807, 2.05) is 13.8 Å². The van der Waals surface area contributed by atoms with Crippen LogP contribution in [0.1, 0.15) is 74.1 Å². The zero-order valence-corrected chi connectivity index (χ0v) is 14.3. The molecule has 1 saturated carbocycles. The van der Waals surface area contributed by atoms with Crippen LogP contribution in [0.3, 0.4) is 0 Å². The van der Waals surface area contributed by atoms with Crippen molar-refractivity contribution in [2.75, 3.05) is 7.11 Å². The summed E-state index contributed by atoms with van der Waals surface area (Å²) in [6, 6.07) is 0. The van der Waals surface area contributed by atoms with E-state index >= 15 is 0 Å². The van der Waals surface area contributed by atoms with Crippen molar-refractivity contribution in [2.45, 2.75) is 85.5 Å². The minimum absolute atomic E-state index is 0.0525. The van der Waals surface area contributed by atoms with Gasteiger partial charge < -0.3 is 9.47 Å². The van der Waals surface area contributed by atoms with Gasteiger partial charge in [-0.25, -0.2) is 0 Å². The van der Waals surface area contributed by atoms with Crippen LogP contribution < -0.4 is 0 Å². The molecule has 0 aromatic heterocycles. The normalized spacial score (nSPS) is 33.5. The fourth-order valence-corrected chi connectivity index (χ4v) is 3.54. The molecule has 19 heavy (non-hydrogen) atoms. The molecule has 1 aliphatic rings. The van der Waals surface area contributed by atoms with E-state index in [1.54, 1.807) is 7.11 Å². The maximum Gasteiger partial charge on any atom is 0.163 e. The first-order chi connectivity index (χ1) is 8.55. The van der Waals surface area contributed by atoms with Crippen molar-refractivity contribution in [2.24, 2.45) is 17.3 Å². The number of hydrogen-bond acceptors (Lipinski definition) is 2. The van der Waals surface area contributed by atoms with Gasteiger partial charge in [0.2, 0.25) is 0 Å². The molecule has 1 rings (SSSR count). The Morgan fingerprint density at radius 2 is 1.79 bits per heavy atom. The van der Waals surface area contributed by atoms with Crippen LogP contribution in [0.15, 0.2) is 0 Å². The molecule has 114 valence electrons. The topological polar surface area (TPSA) is 18.5 Å². The zero-order chi connectivity index (χ0) is 14.9. The summed E-state index contributed by atoms with van der Waals surface area (Å²) in [5.41, 5.74) is 0.338. The summed E-state index contributed by atoms with van der Waals surface area (Å²) in [6.45, 7) is 15.8. The minimum Gasteiger partial charge on any atom is -0.354 e. The Kier molecular flexibility index (Phi) is 5.12. The van der Waals surface area contributed by atoms with Crippen molar-refractivity contribution >= 4 is 0 Å². The molecule has 0 saturated heterocycles. The van der Waals surface area contributed by atoms with Gasteiger partial charge >= 0.3 is 0 Å². The largest absolute Gasteiger partial charge is 0.354 e. The third kappa shape index (κ3) is 4.19. The molecule has 3 unspecified atom stereocenters. The molecule has 0 N–H and O–H groups in total. The number of methoxy groups -OCH3 is 1. The van der Waals surface area contributed by atoms with E-state index in [0.717, 1.165) is 24.7 Å². The van der Waals surface area contributed by atoms with E-state index in [9.17, 15) is 0 Å². The van der Waals surface area contributed by atoms with Gasteiger partial charge in [0.1, 0.15) is 0 Å². The molecule has 0 aliphatic heterocycles. The summed E-state index contributed by atoms with van der Waals surface area (Å²) in [5.74, 6) is 1.03. The molecule has 3 atom stereocenters. The fourth-order valence-electron chi connectivity index (χ4n) is 3.54. The van der Waals surface area contributed by atoms with Gasteiger partial charge in [0, 0.05) is 7.11 Å². The maximum absolute atomic E-state index is 6.31. The standard InChI is InChI=1S/C17H34O2/c1-9-15(3,4)14-12-17(7,11-10-13(14)2)19-16(5,6)18-8/h13-14H,9-12H2,1-8H3. The second-order valence-corrected chi connectivity index (χ2v) is 7.82. The molecule has 1 aliphatic carbocycles. The molecular formula is C17H34O2. The molecule has 0 aromatic rings. The first-order valence-corrected chi connectivity index (χ1v) is 7.80. The van der Waals surface area contributed by atoms with Crippen LogP contribution in [0.4, 0.5) is 0 Å². The highest BCUT2D eigenvalue weighted by Crippen LogP contribution is 2.49. The van der Waals surface area contributed by atoms with Crippen molar-refractivity contribution in [1.29, 1.82) is 0 Å². The van der Waals surface area contributed by atoms with E-state index in [1.165, 1.54) is 12.8 Å². The van der Waals surface area contributed by atoms with Crippen molar-refractivity contribution in [3.05, 3.63) is 0 Å². The Morgan fingerprint density at radius 3 is 2.26 bits per heavy atom. The summed E-state index contributed by atoms with van der Waals surface area (Å²) in [4.78, 5) is 0. The molecule has 0 radical (unpaired) electrons. The summed E-state index contributed by atoms with van der Waals surface area (Å²) in [5, 5.41) is 0. The van der Waals surface area contributed by atoms with Gasteiger partial charge in [-0.3, -0.25) is 0 Å². The second kappa shape index (κ2) is 5.73. The lowest BCUT2D eigenvalue weighted by atomic mass is 9.61. The molecule has 2 heteroatoms. The molecule has 2 nitrogen and oxygen atoms in total. The second-order valence-electron chi connectivity index (χ2n) is 7.82. The molecule has 0 amide bonds. The van der Waals surface area contributed by atoms with Crippen LogP contribution >= 0.6 is 0 Å². The third-order valence-corrected chi connectivity index (χ3v) is 5.37. The zero-order valence-electron chi connectivity index (χ0n) is 14.3. The van der Waals surface area contributed by atoms with Gasteiger partial charge in [0.05, 0.1) is 5.60 Å². The van der Waals surface area contributed by atoms with Crippen LogP contribution in [0.2, 0.25) is 0 Å². The first-order valence-electron chi connectivity index (χ1n) is 7.80. The number of hydrogen-bond donors (Lipinski definition) is 0. The van der Waals surface area contributed by atoms with Crippen LogP contribution in [0, 0.1) is 17.3 Å². The molecular weight excluding hydrogens is 236 g/mol. The first kappa shape index (κ1) is 17.0. The predicted molar refractivity (Wildman–Crippen MR) is 81.2 cm³/mol. The highest BCUT2D eigenvalue weighted by molar-refractivity contribution is 4.93. The van der Waals surface area contributed by atoms with Crippen molar-refractivity contribution < 1.29 is 9.47 Å². The van der Waals surface area contributed by atoms with Gasteiger partial charge in [0.15, 0.2) is 5.79 Å². The minimum atomic E-state index is -0.490. The van der Waals surface area contributed by atoms with Crippen molar-refractivity contribution in [1.82, 2.24) is 0 Å². The fraction of sp³-hybridized carbons (Fsp3) is 1.00. The summed E-state index contributed by atoms with van der Waals surface area (Å²) in [7, 11) is 1.72. The third-order valence-electron chi connectivity index (χ3n) is 5.37. The SMILES string of the molecule is CCC(C)(C)C1CC(C)(OC(C)(C)OC)CCC1C. The van der Waals surface area contributed by atoms with Gasteiger partial charge in [0.25, 0.3) is 0 Å². The van der Waals surface area contributed by atoms with Crippen LogP contribution in [0.5, 0.6) is 0 Å². The average molecular weight is 270 g/mol. The van der Waals surface area contributed by atoms with Gasteiger partial charge in [-0.2, -0.15) is 0 Å². The average Bonchev–Trinajstić information content (AvgIpc) is 2.32. The Labute approximate surface area is 120 Å². The van der Waals surface area contributed by atoms with E-state index in [0.29, 0.717) is 5.41 Å². The highest BCUT2D eigenvalue weighted by atomic mass is 16.7. The van der Waals surface area contributed by atoms with E-state index < -0.39 is 5.79 Å². The highest BCUT2D eigenvalue weighted by Gasteiger charge is 2.44. The molecule has 0 heterocycles. The van der Waals surface area contributed by atoms with Crippen molar-refractivity contribution in [3.8, 4) is 0 Å². The Morgan fingerprint density at radius 1 is 1.21 bits per heavy atom. The Bertz CT molecular complexity index is 296. The molecule has 0 bridgehead atoms. The van der Waals surface area contributed by atoms with Crippen LogP contribution in [0.25, 0.3) is 0 Å². The molecule has 1 fully saturated rings. The van der Waals surface area contributed by atoms with Gasteiger partial charge in [-0.1, -0.05) is 34.1 Å². The van der Waals surface area contributed by atoms with E-state index in [2.05, 4.69) is 34.6 Å². The van der Waals surface area contributed by atoms with Crippen LogP contribution in [-0.2, 0) is 9.47 Å². The van der Waals surface area contributed by atoms with E-state index in [-0.39, 0.29) is 5.60 Å². The molecule has 0 aromatic carbocycles. The maximum atomic E-state index is 6.31. The predicted octanol–water partition coefficient (Wildman–Crippen LogP) is 5.02. The van der Waals surface area contributed by atoms with Gasteiger partial charge in [-0.05, 0) is 57.3 Å². The number of rotatable bonds is 5. The lowest BCUT2D eigenvalue weighted by molar-refractivity contribution is -0.270. The quantitative estimate of drug-likeness (QED) is 0.653. The van der Waals surface area contributed by atoms with Crippen LogP contribution in [-0.4, -0.2) is 18.5 Å². The van der Waals surface area contributed by atoms with E-state index in [4.69, 9.17) is 9.47 Å². The summed E-state index contributed by atoms with van der Waals surface area (Å²) < 4.78 is 11.8. The number of ether oxygens (including phenoxy) is 2.